The largest absolute Gasteiger partial charge is 0.494 e. The first-order valence-electron chi connectivity index (χ1n) is 6.69. The maximum absolute atomic E-state index is 13.9. The van der Waals surface area contributed by atoms with Crippen LogP contribution in [0.25, 0.3) is 0 Å². The summed E-state index contributed by atoms with van der Waals surface area (Å²) in [6, 6.07) is 1.57. The number of carbonyl (C=O) groups excluding carboxylic acids is 1. The first kappa shape index (κ1) is 13.3. The van der Waals surface area contributed by atoms with Gasteiger partial charge in [-0.2, -0.15) is 0 Å². The maximum atomic E-state index is 13.9. The summed E-state index contributed by atoms with van der Waals surface area (Å²) in [6.45, 7) is 0.238. The van der Waals surface area contributed by atoms with Crippen molar-refractivity contribution in [1.29, 1.82) is 0 Å². The summed E-state index contributed by atoms with van der Waals surface area (Å²) >= 11 is 0. The van der Waals surface area contributed by atoms with Crippen LogP contribution in [0.4, 0.5) is 8.78 Å². The van der Waals surface area contributed by atoms with Crippen LogP contribution in [0.1, 0.15) is 23.2 Å². The van der Waals surface area contributed by atoms with E-state index in [1.807, 2.05) is 0 Å². The van der Waals surface area contributed by atoms with Crippen molar-refractivity contribution in [3.63, 3.8) is 0 Å². The van der Waals surface area contributed by atoms with E-state index in [-0.39, 0.29) is 19.0 Å². The molecule has 3 rings (SSSR count). The number of amides is 1. The molecule has 6 heteroatoms. The Morgan fingerprint density at radius 1 is 1.40 bits per heavy atom. The number of pyridine rings is 1. The summed E-state index contributed by atoms with van der Waals surface area (Å²) in [5, 5.41) is 0. The molecule has 1 aliphatic heterocycles. The average molecular weight is 282 g/mol. The van der Waals surface area contributed by atoms with Crippen LogP contribution >= 0.6 is 0 Å². The zero-order valence-corrected chi connectivity index (χ0v) is 11.2. The molecule has 2 atom stereocenters. The number of halogens is 2. The average Bonchev–Trinajstić information content (AvgIpc) is 2.66. The second-order valence-corrected chi connectivity index (χ2v) is 5.43. The molecule has 2 aliphatic rings. The second-order valence-electron chi connectivity index (χ2n) is 5.43. The van der Waals surface area contributed by atoms with Crippen molar-refractivity contribution in [2.24, 2.45) is 11.8 Å². The zero-order valence-electron chi connectivity index (χ0n) is 11.2. The molecule has 0 aromatic carbocycles. The summed E-state index contributed by atoms with van der Waals surface area (Å²) in [7, 11) is 1.46. The fraction of sp³-hybridized carbons (Fsp3) is 0.571. The van der Waals surface area contributed by atoms with Crippen LogP contribution in [0.2, 0.25) is 0 Å². The number of hydrogen-bond acceptors (Lipinski definition) is 3. The maximum Gasteiger partial charge on any atom is 0.257 e. The number of methoxy groups -OCH3 is 1. The van der Waals surface area contributed by atoms with E-state index in [9.17, 15) is 13.6 Å². The van der Waals surface area contributed by atoms with Gasteiger partial charge in [-0.1, -0.05) is 0 Å². The van der Waals surface area contributed by atoms with E-state index in [0.717, 1.165) is 0 Å². The van der Waals surface area contributed by atoms with Gasteiger partial charge in [0.15, 0.2) is 0 Å². The molecule has 108 valence electrons. The summed E-state index contributed by atoms with van der Waals surface area (Å²) in [5.74, 6) is -3.92. The Bertz CT molecular complexity index is 520. The van der Waals surface area contributed by atoms with Crippen molar-refractivity contribution in [2.45, 2.75) is 18.8 Å². The predicted octanol–water partition coefficient (Wildman–Crippen LogP) is 2.21. The van der Waals surface area contributed by atoms with Gasteiger partial charge in [0.05, 0.1) is 18.9 Å². The number of aromatic nitrogens is 1. The second kappa shape index (κ2) is 4.68. The molecular weight excluding hydrogens is 266 g/mol. The molecule has 0 N–H and O–H groups in total. The fourth-order valence-electron chi connectivity index (χ4n) is 3.21. The normalized spacial score (nSPS) is 27.4. The third kappa shape index (κ3) is 1.94. The number of fused-ring (bicyclic) bond motifs is 2. The Morgan fingerprint density at radius 2 is 2.05 bits per heavy atom. The van der Waals surface area contributed by atoms with Crippen molar-refractivity contribution >= 4 is 5.91 Å². The van der Waals surface area contributed by atoms with E-state index in [0.29, 0.717) is 24.2 Å². The number of hydrogen-bond donors (Lipinski definition) is 0. The van der Waals surface area contributed by atoms with Gasteiger partial charge in [-0.05, 0) is 18.9 Å². The topological polar surface area (TPSA) is 42.4 Å². The summed E-state index contributed by atoms with van der Waals surface area (Å²) in [5.41, 5.74) is 0.382. The standard InChI is InChI=1S/C14H16F2N2O2/c1-20-12-6-17-5-4-11(12)13(19)18-7-9-2-3-10(8-18)14(9,15)16/h4-6,9-10H,2-3,7-8H2,1H3. The molecule has 0 radical (unpaired) electrons. The summed E-state index contributed by atoms with van der Waals surface area (Å²) < 4.78 is 32.8. The van der Waals surface area contributed by atoms with E-state index >= 15 is 0 Å². The van der Waals surface area contributed by atoms with Gasteiger partial charge in [0.2, 0.25) is 0 Å². The third-order valence-electron chi connectivity index (χ3n) is 4.36. The first-order chi connectivity index (χ1) is 9.54. The number of likely N-dealkylation sites (tertiary alicyclic amines) is 1. The fourth-order valence-corrected chi connectivity index (χ4v) is 3.21. The van der Waals surface area contributed by atoms with Crippen LogP contribution in [-0.2, 0) is 0 Å². The molecule has 2 fully saturated rings. The summed E-state index contributed by atoms with van der Waals surface area (Å²) in [6.07, 6.45) is 3.95. The van der Waals surface area contributed by atoms with Crippen molar-refractivity contribution in [1.82, 2.24) is 9.88 Å². The molecule has 4 nitrogen and oxygen atoms in total. The van der Waals surface area contributed by atoms with Crippen molar-refractivity contribution < 1.29 is 18.3 Å². The van der Waals surface area contributed by atoms with Crippen LogP contribution in [0, 0.1) is 11.8 Å². The lowest BCUT2D eigenvalue weighted by Crippen LogP contribution is -2.50. The Morgan fingerprint density at radius 3 is 2.65 bits per heavy atom. The quantitative estimate of drug-likeness (QED) is 0.835. The number of alkyl halides is 2. The molecule has 1 saturated carbocycles. The third-order valence-corrected chi connectivity index (χ3v) is 4.36. The first-order valence-corrected chi connectivity index (χ1v) is 6.69. The lowest BCUT2D eigenvalue weighted by molar-refractivity contribution is -0.110. The molecule has 2 heterocycles. The Hall–Kier alpha value is -1.72. The van der Waals surface area contributed by atoms with Crippen LogP contribution in [0.15, 0.2) is 18.5 Å². The molecule has 1 saturated heterocycles. The highest BCUT2D eigenvalue weighted by Gasteiger charge is 2.56. The van der Waals surface area contributed by atoms with Gasteiger partial charge in [0.1, 0.15) is 5.75 Å². The lowest BCUT2D eigenvalue weighted by atomic mass is 9.93. The molecule has 1 aromatic rings. The molecule has 20 heavy (non-hydrogen) atoms. The zero-order chi connectivity index (χ0) is 14.3. The van der Waals surface area contributed by atoms with Crippen LogP contribution < -0.4 is 4.74 Å². The number of carbonyl (C=O) groups is 1. The Labute approximate surface area is 115 Å². The number of piperidine rings is 1. The molecule has 1 aliphatic carbocycles. The van der Waals surface area contributed by atoms with Gasteiger partial charge < -0.3 is 9.64 Å². The van der Waals surface area contributed by atoms with Gasteiger partial charge >= 0.3 is 0 Å². The van der Waals surface area contributed by atoms with E-state index in [1.54, 1.807) is 6.07 Å². The predicted molar refractivity (Wildman–Crippen MR) is 67.9 cm³/mol. The van der Waals surface area contributed by atoms with Crippen molar-refractivity contribution in [3.8, 4) is 5.75 Å². The molecule has 2 bridgehead atoms. The lowest BCUT2D eigenvalue weighted by Gasteiger charge is -2.37. The van der Waals surface area contributed by atoms with Crippen LogP contribution in [0.3, 0.4) is 0 Å². The van der Waals surface area contributed by atoms with Gasteiger partial charge in [-0.15, -0.1) is 0 Å². The van der Waals surface area contributed by atoms with Gasteiger partial charge in [-0.25, -0.2) is 8.78 Å². The Balaban J connectivity index is 1.83. The van der Waals surface area contributed by atoms with Crippen LogP contribution in [-0.4, -0.2) is 41.9 Å². The Kier molecular flexibility index (Phi) is 3.11. The van der Waals surface area contributed by atoms with E-state index in [1.165, 1.54) is 24.4 Å². The molecule has 2 unspecified atom stereocenters. The number of rotatable bonds is 2. The van der Waals surface area contributed by atoms with Gasteiger partial charge in [-0.3, -0.25) is 9.78 Å². The highest BCUT2D eigenvalue weighted by atomic mass is 19.3. The van der Waals surface area contributed by atoms with Gasteiger partial charge in [0, 0.05) is 31.1 Å². The minimum atomic E-state index is -2.63. The SMILES string of the molecule is COc1cnccc1C(=O)N1CC2CCC(C1)C2(F)F. The number of nitrogens with zero attached hydrogens (tertiary/aromatic N) is 2. The molecule has 1 amide bonds. The van der Waals surface area contributed by atoms with Gasteiger partial charge in [0.25, 0.3) is 11.8 Å². The smallest absolute Gasteiger partial charge is 0.257 e. The van der Waals surface area contributed by atoms with E-state index < -0.39 is 17.8 Å². The number of ether oxygens (including phenoxy) is 1. The molecule has 0 spiro atoms. The van der Waals surface area contributed by atoms with Crippen LogP contribution in [0.5, 0.6) is 5.75 Å². The van der Waals surface area contributed by atoms with E-state index in [2.05, 4.69) is 4.98 Å². The van der Waals surface area contributed by atoms with E-state index in [4.69, 9.17) is 4.74 Å². The molecular formula is C14H16F2N2O2. The highest BCUT2D eigenvalue weighted by Crippen LogP contribution is 2.49. The highest BCUT2D eigenvalue weighted by molar-refractivity contribution is 5.96. The minimum Gasteiger partial charge on any atom is -0.494 e. The monoisotopic (exact) mass is 282 g/mol. The minimum absolute atomic E-state index is 0.119. The summed E-state index contributed by atoms with van der Waals surface area (Å²) in [4.78, 5) is 17.9. The molecule has 1 aromatic heterocycles. The van der Waals surface area contributed by atoms with Crippen molar-refractivity contribution in [3.05, 3.63) is 24.0 Å². The van der Waals surface area contributed by atoms with Crippen molar-refractivity contribution in [2.75, 3.05) is 20.2 Å².